The molecule has 5 heteroatoms. The van der Waals surface area contributed by atoms with Crippen molar-refractivity contribution in [1.29, 1.82) is 0 Å². The SMILES string of the molecule is C[C@@H]1C[C@@H]1C(=O)N1CCC[C@@](Cc2ccccc2-c2cccs2)(C(=O)N(C)C)C1. The molecule has 0 spiro atoms. The molecule has 0 N–H and O–H groups in total. The molecule has 1 saturated heterocycles. The molecule has 1 aliphatic heterocycles. The lowest BCUT2D eigenvalue weighted by molar-refractivity contribution is -0.147. The lowest BCUT2D eigenvalue weighted by atomic mass is 9.73. The van der Waals surface area contributed by atoms with Crippen LogP contribution in [0.5, 0.6) is 0 Å². The summed E-state index contributed by atoms with van der Waals surface area (Å²) in [6, 6.07) is 12.6. The van der Waals surface area contributed by atoms with Crippen molar-refractivity contribution in [3.8, 4) is 10.4 Å². The predicted molar refractivity (Wildman–Crippen MR) is 118 cm³/mol. The Bertz CT molecular complexity index is 892. The molecule has 0 unspecified atom stereocenters. The van der Waals surface area contributed by atoms with E-state index in [9.17, 15) is 9.59 Å². The van der Waals surface area contributed by atoms with Gasteiger partial charge in [0.05, 0.1) is 5.41 Å². The Morgan fingerprint density at radius 3 is 2.62 bits per heavy atom. The summed E-state index contributed by atoms with van der Waals surface area (Å²) in [7, 11) is 3.66. The number of piperidine rings is 1. The number of benzene rings is 1. The summed E-state index contributed by atoms with van der Waals surface area (Å²) in [5, 5.41) is 2.09. The Labute approximate surface area is 177 Å². The summed E-state index contributed by atoms with van der Waals surface area (Å²) in [6.07, 6.45) is 3.37. The smallest absolute Gasteiger partial charge is 0.230 e. The summed E-state index contributed by atoms with van der Waals surface area (Å²) in [5.74, 6) is 1.04. The Balaban J connectivity index is 1.66. The van der Waals surface area contributed by atoms with Crippen molar-refractivity contribution < 1.29 is 9.59 Å². The number of hydrogen-bond donors (Lipinski definition) is 0. The molecule has 1 aliphatic carbocycles. The third-order valence-electron chi connectivity index (χ3n) is 6.51. The first-order chi connectivity index (χ1) is 13.9. The highest BCUT2D eigenvalue weighted by atomic mass is 32.1. The van der Waals surface area contributed by atoms with Gasteiger partial charge >= 0.3 is 0 Å². The van der Waals surface area contributed by atoms with Gasteiger partial charge in [-0.3, -0.25) is 9.59 Å². The number of likely N-dealkylation sites (tertiary alicyclic amines) is 1. The molecule has 2 amide bonds. The Morgan fingerprint density at radius 1 is 1.21 bits per heavy atom. The second-order valence-electron chi connectivity index (χ2n) is 8.97. The van der Waals surface area contributed by atoms with E-state index in [1.165, 1.54) is 16.0 Å². The molecule has 154 valence electrons. The highest BCUT2D eigenvalue weighted by Crippen LogP contribution is 2.43. The fraction of sp³-hybridized carbons (Fsp3) is 0.500. The molecule has 3 atom stereocenters. The molecule has 0 radical (unpaired) electrons. The van der Waals surface area contributed by atoms with Crippen LogP contribution >= 0.6 is 11.3 Å². The zero-order valence-electron chi connectivity index (χ0n) is 17.6. The quantitative estimate of drug-likeness (QED) is 0.737. The van der Waals surface area contributed by atoms with E-state index in [0.29, 0.717) is 18.9 Å². The molecule has 1 aromatic heterocycles. The average molecular weight is 411 g/mol. The zero-order chi connectivity index (χ0) is 20.6. The fourth-order valence-electron chi connectivity index (χ4n) is 4.80. The van der Waals surface area contributed by atoms with Gasteiger partial charge in [0.2, 0.25) is 11.8 Å². The van der Waals surface area contributed by atoms with E-state index in [0.717, 1.165) is 25.8 Å². The van der Waals surface area contributed by atoms with Gasteiger partial charge in [0.15, 0.2) is 0 Å². The van der Waals surface area contributed by atoms with Gasteiger partial charge in [0.1, 0.15) is 0 Å². The van der Waals surface area contributed by atoms with Gasteiger partial charge in [0.25, 0.3) is 0 Å². The van der Waals surface area contributed by atoms with Gasteiger partial charge < -0.3 is 9.80 Å². The summed E-state index contributed by atoms with van der Waals surface area (Å²) >= 11 is 1.72. The van der Waals surface area contributed by atoms with Crippen LogP contribution in [0.1, 0.15) is 31.7 Å². The largest absolute Gasteiger partial charge is 0.348 e. The molecular formula is C24H30N2O2S. The normalized spacial score (nSPS) is 26.2. The van der Waals surface area contributed by atoms with Gasteiger partial charge in [-0.2, -0.15) is 0 Å². The molecule has 2 fully saturated rings. The first kappa shape index (κ1) is 20.1. The molecule has 0 bridgehead atoms. The van der Waals surface area contributed by atoms with Crippen molar-refractivity contribution in [2.75, 3.05) is 27.2 Å². The van der Waals surface area contributed by atoms with Crippen molar-refractivity contribution in [2.45, 2.75) is 32.6 Å². The Hall–Kier alpha value is -2.14. The minimum Gasteiger partial charge on any atom is -0.348 e. The molecule has 4 rings (SSSR count). The van der Waals surface area contributed by atoms with E-state index in [4.69, 9.17) is 0 Å². The van der Waals surface area contributed by atoms with E-state index in [-0.39, 0.29) is 17.7 Å². The standard InChI is InChI=1S/C24H30N2O2S/c1-17-14-20(17)22(27)26-12-7-11-24(16-26,23(28)25(2)3)15-18-8-4-5-9-19(18)21-10-6-13-29-21/h4-6,8-10,13,17,20H,7,11-12,14-16H2,1-3H3/t17-,20+,24+/m1/s1. The second-order valence-corrected chi connectivity index (χ2v) is 9.92. The maximum absolute atomic E-state index is 13.4. The van der Waals surface area contributed by atoms with Crippen molar-refractivity contribution in [2.24, 2.45) is 17.3 Å². The van der Waals surface area contributed by atoms with E-state index in [1.54, 1.807) is 16.2 Å². The van der Waals surface area contributed by atoms with Gasteiger partial charge in [-0.15, -0.1) is 11.3 Å². The van der Waals surface area contributed by atoms with Crippen LogP contribution in [-0.2, 0) is 16.0 Å². The van der Waals surface area contributed by atoms with Crippen molar-refractivity contribution in [3.63, 3.8) is 0 Å². The number of nitrogens with zero attached hydrogens (tertiary/aromatic N) is 2. The molecule has 29 heavy (non-hydrogen) atoms. The Morgan fingerprint density at radius 2 is 1.97 bits per heavy atom. The van der Waals surface area contributed by atoms with Crippen LogP contribution in [0.25, 0.3) is 10.4 Å². The number of hydrogen-bond acceptors (Lipinski definition) is 3. The molecule has 4 nitrogen and oxygen atoms in total. The van der Waals surface area contributed by atoms with E-state index >= 15 is 0 Å². The van der Waals surface area contributed by atoms with Gasteiger partial charge in [-0.25, -0.2) is 0 Å². The maximum atomic E-state index is 13.4. The summed E-state index contributed by atoms with van der Waals surface area (Å²) in [6.45, 7) is 3.45. The van der Waals surface area contributed by atoms with E-state index in [1.807, 2.05) is 19.0 Å². The molecule has 1 aromatic carbocycles. The highest BCUT2D eigenvalue weighted by molar-refractivity contribution is 7.13. The highest BCUT2D eigenvalue weighted by Gasteiger charge is 2.48. The second kappa shape index (κ2) is 7.94. The fourth-order valence-corrected chi connectivity index (χ4v) is 5.59. The molecule has 2 heterocycles. The average Bonchev–Trinajstić information content (AvgIpc) is 3.21. The summed E-state index contributed by atoms with van der Waals surface area (Å²) < 4.78 is 0. The molecule has 2 aliphatic rings. The van der Waals surface area contributed by atoms with E-state index < -0.39 is 5.41 Å². The number of carbonyl (C=O) groups is 2. The first-order valence-electron chi connectivity index (χ1n) is 10.5. The number of rotatable bonds is 5. The van der Waals surface area contributed by atoms with Crippen LogP contribution in [0, 0.1) is 17.3 Å². The van der Waals surface area contributed by atoms with Gasteiger partial charge in [-0.05, 0) is 54.2 Å². The number of carbonyl (C=O) groups excluding carboxylic acids is 2. The minimum atomic E-state index is -0.553. The van der Waals surface area contributed by atoms with Gasteiger partial charge in [-0.1, -0.05) is 37.3 Å². The van der Waals surface area contributed by atoms with Crippen molar-refractivity contribution >= 4 is 23.2 Å². The zero-order valence-corrected chi connectivity index (χ0v) is 18.4. The van der Waals surface area contributed by atoms with Crippen LogP contribution in [0.4, 0.5) is 0 Å². The predicted octanol–water partition coefficient (Wildman–Crippen LogP) is 4.31. The van der Waals surface area contributed by atoms with Crippen LogP contribution in [0.15, 0.2) is 41.8 Å². The minimum absolute atomic E-state index is 0.139. The van der Waals surface area contributed by atoms with Crippen molar-refractivity contribution in [1.82, 2.24) is 9.80 Å². The topological polar surface area (TPSA) is 40.6 Å². The van der Waals surface area contributed by atoms with Crippen molar-refractivity contribution in [3.05, 3.63) is 47.3 Å². The third-order valence-corrected chi connectivity index (χ3v) is 7.41. The van der Waals surface area contributed by atoms with E-state index in [2.05, 4.69) is 48.7 Å². The molecular weight excluding hydrogens is 380 g/mol. The summed E-state index contributed by atoms with van der Waals surface area (Å²) in [5.41, 5.74) is 1.84. The monoisotopic (exact) mass is 410 g/mol. The number of amides is 2. The van der Waals surface area contributed by atoms with Crippen LogP contribution in [0.3, 0.4) is 0 Å². The maximum Gasteiger partial charge on any atom is 0.230 e. The van der Waals surface area contributed by atoms with Crippen LogP contribution < -0.4 is 0 Å². The van der Waals surface area contributed by atoms with Crippen LogP contribution in [0.2, 0.25) is 0 Å². The van der Waals surface area contributed by atoms with Gasteiger partial charge in [0, 0.05) is 38.0 Å². The number of thiophene rings is 1. The lowest BCUT2D eigenvalue weighted by Gasteiger charge is -2.43. The summed E-state index contributed by atoms with van der Waals surface area (Å²) in [4.78, 5) is 31.3. The van der Waals surface area contributed by atoms with Crippen LogP contribution in [-0.4, -0.2) is 48.8 Å². The third kappa shape index (κ3) is 3.97. The Kier molecular flexibility index (Phi) is 5.52. The first-order valence-corrected chi connectivity index (χ1v) is 11.4. The molecule has 1 saturated carbocycles. The lowest BCUT2D eigenvalue weighted by Crippen LogP contribution is -2.54. The molecule has 2 aromatic rings.